The van der Waals surface area contributed by atoms with E-state index in [1.165, 1.54) is 39.9 Å². The summed E-state index contributed by atoms with van der Waals surface area (Å²) >= 11 is 0. The maximum absolute atomic E-state index is 11.0. The lowest BCUT2D eigenvalue weighted by atomic mass is 10.1. The van der Waals surface area contributed by atoms with Crippen molar-refractivity contribution in [3.05, 3.63) is 0 Å². The SMILES string of the molecule is CCCCCCCCON(OC)C(=O)OC. The molecular weight excluding hydrogens is 210 g/mol. The second-order valence-corrected chi connectivity index (χ2v) is 3.51. The lowest BCUT2D eigenvalue weighted by Gasteiger charge is -2.16. The quantitative estimate of drug-likeness (QED) is 0.454. The summed E-state index contributed by atoms with van der Waals surface area (Å²) in [7, 11) is 2.64. The van der Waals surface area contributed by atoms with E-state index in [9.17, 15) is 4.79 Å². The molecule has 96 valence electrons. The molecule has 0 fully saturated rings. The average Bonchev–Trinajstić information content (AvgIpc) is 2.32. The van der Waals surface area contributed by atoms with Crippen molar-refractivity contribution in [1.29, 1.82) is 0 Å². The summed E-state index contributed by atoms with van der Waals surface area (Å²) in [5.74, 6) is 0. The first-order chi connectivity index (χ1) is 7.76. The van der Waals surface area contributed by atoms with Crippen LogP contribution in [0.1, 0.15) is 45.4 Å². The molecule has 16 heavy (non-hydrogen) atoms. The fourth-order valence-corrected chi connectivity index (χ4v) is 1.28. The normalized spacial score (nSPS) is 10.2. The Hall–Kier alpha value is -0.810. The predicted molar refractivity (Wildman–Crippen MR) is 60.6 cm³/mol. The summed E-state index contributed by atoms with van der Waals surface area (Å²) in [5.41, 5.74) is 0. The number of hydroxylamine groups is 2. The van der Waals surface area contributed by atoms with Crippen molar-refractivity contribution in [3.8, 4) is 0 Å². The van der Waals surface area contributed by atoms with Crippen LogP contribution in [0.3, 0.4) is 0 Å². The Kier molecular flexibility index (Phi) is 10.2. The van der Waals surface area contributed by atoms with Crippen LogP contribution in [-0.4, -0.2) is 32.1 Å². The average molecular weight is 233 g/mol. The summed E-state index contributed by atoms with van der Waals surface area (Å²) in [5, 5.41) is 0.756. The van der Waals surface area contributed by atoms with Gasteiger partial charge in [-0.2, -0.15) is 0 Å². The molecule has 5 nitrogen and oxygen atoms in total. The first-order valence-electron chi connectivity index (χ1n) is 5.81. The summed E-state index contributed by atoms with van der Waals surface area (Å²) in [6.45, 7) is 2.66. The monoisotopic (exact) mass is 233 g/mol. The standard InChI is InChI=1S/C11H23NO4/c1-4-5-6-7-8-9-10-16-12(15-3)11(13)14-2/h4-10H2,1-3H3. The molecule has 0 saturated heterocycles. The molecule has 0 unspecified atom stereocenters. The fraction of sp³-hybridized carbons (Fsp3) is 0.909. The molecule has 0 bridgehead atoms. The topological polar surface area (TPSA) is 48.0 Å². The van der Waals surface area contributed by atoms with Gasteiger partial charge in [0.25, 0.3) is 0 Å². The lowest BCUT2D eigenvalue weighted by Crippen LogP contribution is -2.30. The Morgan fingerprint density at radius 2 is 1.69 bits per heavy atom. The Labute approximate surface area is 97.6 Å². The number of carbonyl (C=O) groups excluding carboxylic acids is 1. The molecule has 0 aromatic heterocycles. The van der Waals surface area contributed by atoms with E-state index in [2.05, 4.69) is 16.5 Å². The van der Waals surface area contributed by atoms with E-state index in [1.807, 2.05) is 0 Å². The first-order valence-corrected chi connectivity index (χ1v) is 5.81. The van der Waals surface area contributed by atoms with E-state index in [0.29, 0.717) is 6.61 Å². The predicted octanol–water partition coefficient (Wildman–Crippen LogP) is 2.91. The summed E-state index contributed by atoms with van der Waals surface area (Å²) < 4.78 is 4.45. The highest BCUT2D eigenvalue weighted by atomic mass is 17.0. The van der Waals surface area contributed by atoms with Crippen LogP contribution >= 0.6 is 0 Å². The first kappa shape index (κ1) is 15.2. The van der Waals surface area contributed by atoms with Gasteiger partial charge in [0.1, 0.15) is 0 Å². The van der Waals surface area contributed by atoms with Gasteiger partial charge in [-0.3, -0.25) is 0 Å². The molecule has 0 aliphatic rings. The van der Waals surface area contributed by atoms with E-state index >= 15 is 0 Å². The molecular formula is C11H23NO4. The molecule has 0 heterocycles. The number of nitrogens with zero attached hydrogens (tertiary/aromatic N) is 1. The maximum Gasteiger partial charge on any atom is 0.459 e. The zero-order chi connectivity index (χ0) is 12.2. The van der Waals surface area contributed by atoms with Crippen molar-refractivity contribution in [2.45, 2.75) is 45.4 Å². The molecule has 0 N–H and O–H groups in total. The van der Waals surface area contributed by atoms with E-state index in [-0.39, 0.29) is 0 Å². The number of methoxy groups -OCH3 is 1. The van der Waals surface area contributed by atoms with Crippen LogP contribution in [0.4, 0.5) is 4.79 Å². The van der Waals surface area contributed by atoms with E-state index < -0.39 is 6.09 Å². The molecule has 0 spiro atoms. The van der Waals surface area contributed by atoms with Gasteiger partial charge in [0.15, 0.2) is 0 Å². The van der Waals surface area contributed by atoms with E-state index in [0.717, 1.165) is 18.1 Å². The number of hydrogen-bond acceptors (Lipinski definition) is 4. The number of carbonyl (C=O) groups is 1. The summed E-state index contributed by atoms with van der Waals surface area (Å²) in [4.78, 5) is 20.8. The minimum Gasteiger partial charge on any atom is -0.450 e. The van der Waals surface area contributed by atoms with Crippen molar-refractivity contribution in [3.63, 3.8) is 0 Å². The molecule has 0 saturated carbocycles. The summed E-state index contributed by atoms with van der Waals surface area (Å²) in [6, 6.07) is 0. The second kappa shape index (κ2) is 10.7. The van der Waals surface area contributed by atoms with Gasteiger partial charge in [-0.25, -0.2) is 14.5 Å². The van der Waals surface area contributed by atoms with Crippen molar-refractivity contribution >= 4 is 6.09 Å². The third-order valence-corrected chi connectivity index (χ3v) is 2.20. The van der Waals surface area contributed by atoms with Crippen molar-refractivity contribution < 1.29 is 19.2 Å². The van der Waals surface area contributed by atoms with Crippen LogP contribution in [0.15, 0.2) is 0 Å². The molecule has 0 aliphatic carbocycles. The number of ether oxygens (including phenoxy) is 1. The number of hydrogen-bond donors (Lipinski definition) is 0. The van der Waals surface area contributed by atoms with Gasteiger partial charge in [-0.15, -0.1) is 0 Å². The van der Waals surface area contributed by atoms with Gasteiger partial charge in [0.2, 0.25) is 0 Å². The van der Waals surface area contributed by atoms with Gasteiger partial charge >= 0.3 is 6.09 Å². The largest absolute Gasteiger partial charge is 0.459 e. The van der Waals surface area contributed by atoms with Gasteiger partial charge in [0, 0.05) is 0 Å². The molecule has 1 amide bonds. The Morgan fingerprint density at radius 1 is 1.06 bits per heavy atom. The minimum atomic E-state index is -0.645. The number of rotatable bonds is 9. The molecule has 0 radical (unpaired) electrons. The Morgan fingerprint density at radius 3 is 2.25 bits per heavy atom. The van der Waals surface area contributed by atoms with Crippen molar-refractivity contribution in [2.75, 3.05) is 20.8 Å². The highest BCUT2D eigenvalue weighted by Crippen LogP contribution is 2.05. The molecule has 0 rings (SSSR count). The van der Waals surface area contributed by atoms with Crippen molar-refractivity contribution in [1.82, 2.24) is 5.23 Å². The second-order valence-electron chi connectivity index (χ2n) is 3.51. The Bertz CT molecular complexity index is 175. The van der Waals surface area contributed by atoms with Crippen LogP contribution in [0.25, 0.3) is 0 Å². The molecule has 5 heteroatoms. The van der Waals surface area contributed by atoms with Gasteiger partial charge < -0.3 is 4.74 Å². The zero-order valence-electron chi connectivity index (χ0n) is 10.5. The van der Waals surface area contributed by atoms with Crippen LogP contribution in [-0.2, 0) is 14.4 Å². The minimum absolute atomic E-state index is 0.467. The fourth-order valence-electron chi connectivity index (χ4n) is 1.28. The third kappa shape index (κ3) is 7.48. The number of amides is 1. The van der Waals surface area contributed by atoms with Crippen LogP contribution in [0.5, 0.6) is 0 Å². The van der Waals surface area contributed by atoms with Gasteiger partial charge in [0.05, 0.1) is 20.8 Å². The van der Waals surface area contributed by atoms with Gasteiger partial charge in [-0.1, -0.05) is 39.0 Å². The van der Waals surface area contributed by atoms with E-state index in [1.54, 1.807) is 0 Å². The number of unbranched alkanes of at least 4 members (excludes halogenated alkanes) is 5. The smallest absolute Gasteiger partial charge is 0.450 e. The lowest BCUT2D eigenvalue weighted by molar-refractivity contribution is -0.322. The zero-order valence-corrected chi connectivity index (χ0v) is 10.5. The molecule has 0 aromatic rings. The highest BCUT2D eigenvalue weighted by Gasteiger charge is 2.13. The Balaban J connectivity index is 3.38. The third-order valence-electron chi connectivity index (χ3n) is 2.20. The van der Waals surface area contributed by atoms with Crippen LogP contribution < -0.4 is 0 Å². The maximum atomic E-state index is 11.0. The highest BCUT2D eigenvalue weighted by molar-refractivity contribution is 5.64. The van der Waals surface area contributed by atoms with E-state index in [4.69, 9.17) is 4.84 Å². The van der Waals surface area contributed by atoms with Crippen LogP contribution in [0.2, 0.25) is 0 Å². The van der Waals surface area contributed by atoms with Crippen molar-refractivity contribution in [2.24, 2.45) is 0 Å². The molecule has 0 atom stereocenters. The van der Waals surface area contributed by atoms with Crippen LogP contribution in [0, 0.1) is 0 Å². The summed E-state index contributed by atoms with van der Waals surface area (Å²) in [6.07, 6.45) is 6.39. The van der Waals surface area contributed by atoms with Gasteiger partial charge in [-0.05, 0) is 11.6 Å². The molecule has 0 aromatic carbocycles. The molecule has 0 aliphatic heterocycles.